The van der Waals surface area contributed by atoms with Gasteiger partial charge in [-0.25, -0.2) is 4.79 Å². The van der Waals surface area contributed by atoms with Crippen LogP contribution in [-0.4, -0.2) is 34.7 Å². The summed E-state index contributed by atoms with van der Waals surface area (Å²) < 4.78 is 5.74. The van der Waals surface area contributed by atoms with Crippen molar-refractivity contribution in [2.45, 2.75) is 96.8 Å². The van der Waals surface area contributed by atoms with Crippen molar-refractivity contribution in [1.29, 1.82) is 0 Å². The van der Waals surface area contributed by atoms with Crippen LogP contribution in [0, 0.1) is 17.8 Å². The molecule has 0 bridgehead atoms. The molecule has 144 valence electrons. The second kappa shape index (κ2) is 8.52. The third kappa shape index (κ3) is 6.28. The molecule has 2 saturated carbocycles. The van der Waals surface area contributed by atoms with Gasteiger partial charge in [-0.3, -0.25) is 4.79 Å². The van der Waals surface area contributed by atoms with Gasteiger partial charge in [-0.1, -0.05) is 13.8 Å². The van der Waals surface area contributed by atoms with Crippen molar-refractivity contribution in [3.8, 4) is 0 Å². The SMILES string of the molecule is CC1CC(C)CC(NC(=O)CC2CCC(OC(C)(C)C(=O)O)CC2)C1. The van der Waals surface area contributed by atoms with Crippen LogP contribution in [0.3, 0.4) is 0 Å². The van der Waals surface area contributed by atoms with Crippen molar-refractivity contribution >= 4 is 11.9 Å². The van der Waals surface area contributed by atoms with Gasteiger partial charge in [0.05, 0.1) is 6.10 Å². The summed E-state index contributed by atoms with van der Waals surface area (Å²) in [6.45, 7) is 7.74. The summed E-state index contributed by atoms with van der Waals surface area (Å²) in [5, 5.41) is 12.4. The summed E-state index contributed by atoms with van der Waals surface area (Å²) in [6.07, 6.45) is 7.60. The number of carbonyl (C=O) groups excluding carboxylic acids is 1. The first-order valence-corrected chi connectivity index (χ1v) is 9.86. The Morgan fingerprint density at radius 1 is 1.04 bits per heavy atom. The molecule has 0 heterocycles. The van der Waals surface area contributed by atoms with E-state index in [0.717, 1.165) is 38.5 Å². The molecule has 0 aliphatic heterocycles. The number of rotatable bonds is 6. The number of hydrogen-bond acceptors (Lipinski definition) is 3. The van der Waals surface area contributed by atoms with Crippen molar-refractivity contribution in [3.05, 3.63) is 0 Å². The largest absolute Gasteiger partial charge is 0.479 e. The van der Waals surface area contributed by atoms with E-state index in [9.17, 15) is 9.59 Å². The van der Waals surface area contributed by atoms with E-state index < -0.39 is 11.6 Å². The smallest absolute Gasteiger partial charge is 0.335 e. The van der Waals surface area contributed by atoms with Gasteiger partial charge in [-0.15, -0.1) is 0 Å². The number of carboxylic acid groups (broad SMARTS) is 1. The monoisotopic (exact) mass is 353 g/mol. The number of ether oxygens (including phenoxy) is 1. The summed E-state index contributed by atoms with van der Waals surface area (Å²) in [4.78, 5) is 23.5. The van der Waals surface area contributed by atoms with Crippen LogP contribution in [0.4, 0.5) is 0 Å². The minimum atomic E-state index is -1.14. The average molecular weight is 354 g/mol. The molecule has 2 N–H and O–H groups in total. The number of carbonyl (C=O) groups is 2. The third-order valence-electron chi connectivity index (χ3n) is 5.79. The molecule has 0 spiro atoms. The number of aliphatic carboxylic acids is 1. The highest BCUT2D eigenvalue weighted by molar-refractivity contribution is 5.76. The Morgan fingerprint density at radius 2 is 1.60 bits per heavy atom. The van der Waals surface area contributed by atoms with Crippen LogP contribution in [0.25, 0.3) is 0 Å². The van der Waals surface area contributed by atoms with E-state index in [1.54, 1.807) is 13.8 Å². The fourth-order valence-electron chi connectivity index (χ4n) is 4.53. The number of nitrogens with one attached hydrogen (secondary N) is 1. The number of carboxylic acids is 1. The third-order valence-corrected chi connectivity index (χ3v) is 5.79. The molecule has 2 atom stereocenters. The molecule has 0 saturated heterocycles. The van der Waals surface area contributed by atoms with Gasteiger partial charge in [0, 0.05) is 12.5 Å². The Bertz CT molecular complexity index is 458. The van der Waals surface area contributed by atoms with E-state index in [1.807, 2.05) is 0 Å². The molecule has 2 unspecified atom stereocenters. The van der Waals surface area contributed by atoms with Gasteiger partial charge in [0.1, 0.15) is 0 Å². The lowest BCUT2D eigenvalue weighted by Crippen LogP contribution is -2.42. The van der Waals surface area contributed by atoms with Crippen molar-refractivity contribution in [1.82, 2.24) is 5.32 Å². The van der Waals surface area contributed by atoms with Gasteiger partial charge in [0.25, 0.3) is 0 Å². The van der Waals surface area contributed by atoms with Crippen LogP contribution in [0.15, 0.2) is 0 Å². The van der Waals surface area contributed by atoms with Gasteiger partial charge in [-0.05, 0) is 76.5 Å². The molecule has 5 heteroatoms. The summed E-state index contributed by atoms with van der Waals surface area (Å²) in [5.74, 6) is 1.04. The van der Waals surface area contributed by atoms with Crippen LogP contribution in [0.2, 0.25) is 0 Å². The molecule has 2 fully saturated rings. The van der Waals surface area contributed by atoms with Crippen molar-refractivity contribution in [2.24, 2.45) is 17.8 Å². The predicted octanol–water partition coefficient (Wildman–Crippen LogP) is 3.76. The Balaban J connectivity index is 1.71. The second-order valence-corrected chi connectivity index (χ2v) is 8.96. The minimum Gasteiger partial charge on any atom is -0.479 e. The quantitative estimate of drug-likeness (QED) is 0.762. The van der Waals surface area contributed by atoms with Gasteiger partial charge in [0.2, 0.25) is 5.91 Å². The lowest BCUT2D eigenvalue weighted by Gasteiger charge is -2.34. The molecule has 0 aromatic carbocycles. The summed E-state index contributed by atoms with van der Waals surface area (Å²) >= 11 is 0. The highest BCUT2D eigenvalue weighted by Crippen LogP contribution is 2.32. The highest BCUT2D eigenvalue weighted by atomic mass is 16.5. The zero-order valence-corrected chi connectivity index (χ0v) is 16.2. The molecule has 2 aliphatic carbocycles. The first-order chi connectivity index (χ1) is 11.7. The second-order valence-electron chi connectivity index (χ2n) is 8.96. The van der Waals surface area contributed by atoms with Crippen LogP contribution in [0.5, 0.6) is 0 Å². The zero-order chi connectivity index (χ0) is 18.6. The van der Waals surface area contributed by atoms with E-state index in [4.69, 9.17) is 9.84 Å². The Morgan fingerprint density at radius 3 is 2.12 bits per heavy atom. The molecule has 0 radical (unpaired) electrons. The van der Waals surface area contributed by atoms with Crippen LogP contribution in [-0.2, 0) is 14.3 Å². The molecule has 2 rings (SSSR count). The van der Waals surface area contributed by atoms with Gasteiger partial charge in [0.15, 0.2) is 5.60 Å². The first kappa shape index (κ1) is 20.2. The molecule has 0 aromatic rings. The maximum atomic E-state index is 12.4. The molecule has 1 amide bonds. The lowest BCUT2D eigenvalue weighted by atomic mass is 9.80. The van der Waals surface area contributed by atoms with Crippen molar-refractivity contribution < 1.29 is 19.4 Å². The van der Waals surface area contributed by atoms with Gasteiger partial charge in [-0.2, -0.15) is 0 Å². The van der Waals surface area contributed by atoms with E-state index in [2.05, 4.69) is 19.2 Å². The van der Waals surface area contributed by atoms with Gasteiger partial charge < -0.3 is 15.2 Å². The van der Waals surface area contributed by atoms with Crippen LogP contribution in [0.1, 0.15) is 79.1 Å². The maximum absolute atomic E-state index is 12.4. The Labute approximate surface area is 151 Å². The molecular formula is C20H35NO4. The van der Waals surface area contributed by atoms with E-state index in [1.165, 1.54) is 6.42 Å². The normalized spacial score (nSPS) is 33.7. The molecule has 25 heavy (non-hydrogen) atoms. The summed E-state index contributed by atoms with van der Waals surface area (Å²) in [5.41, 5.74) is -1.14. The maximum Gasteiger partial charge on any atom is 0.335 e. The van der Waals surface area contributed by atoms with Crippen LogP contribution < -0.4 is 5.32 Å². The fraction of sp³-hybridized carbons (Fsp3) is 0.900. The fourth-order valence-corrected chi connectivity index (χ4v) is 4.53. The minimum absolute atomic E-state index is 0.00884. The topological polar surface area (TPSA) is 75.6 Å². The number of hydrogen-bond donors (Lipinski definition) is 2. The average Bonchev–Trinajstić information content (AvgIpc) is 2.47. The Hall–Kier alpha value is -1.10. The predicted molar refractivity (Wildman–Crippen MR) is 97.3 cm³/mol. The zero-order valence-electron chi connectivity index (χ0n) is 16.2. The molecular weight excluding hydrogens is 318 g/mol. The first-order valence-electron chi connectivity index (χ1n) is 9.86. The summed E-state index contributed by atoms with van der Waals surface area (Å²) in [7, 11) is 0. The van der Waals surface area contributed by atoms with E-state index in [0.29, 0.717) is 30.2 Å². The van der Waals surface area contributed by atoms with Crippen molar-refractivity contribution in [3.63, 3.8) is 0 Å². The standard InChI is InChI=1S/C20H35NO4/c1-13-9-14(2)11-16(10-13)21-18(22)12-15-5-7-17(8-6-15)25-20(3,4)19(23)24/h13-17H,5-12H2,1-4H3,(H,21,22)(H,23,24). The highest BCUT2D eigenvalue weighted by Gasteiger charge is 2.34. The summed E-state index contributed by atoms with van der Waals surface area (Å²) in [6, 6.07) is 0.335. The Kier molecular flexibility index (Phi) is 6.89. The number of amides is 1. The molecule has 0 aromatic heterocycles. The van der Waals surface area contributed by atoms with Gasteiger partial charge >= 0.3 is 5.97 Å². The van der Waals surface area contributed by atoms with Crippen LogP contribution >= 0.6 is 0 Å². The molecule has 5 nitrogen and oxygen atoms in total. The van der Waals surface area contributed by atoms with E-state index in [-0.39, 0.29) is 12.0 Å². The van der Waals surface area contributed by atoms with Crippen molar-refractivity contribution in [2.75, 3.05) is 0 Å². The van der Waals surface area contributed by atoms with E-state index >= 15 is 0 Å². The molecule has 2 aliphatic rings. The lowest BCUT2D eigenvalue weighted by molar-refractivity contribution is -0.170.